The third kappa shape index (κ3) is 5.40. The number of amides is 2. The molecule has 0 bridgehead atoms. The summed E-state index contributed by atoms with van der Waals surface area (Å²) >= 11 is 0. The first-order chi connectivity index (χ1) is 16.9. The molecule has 2 N–H and O–H groups in total. The van der Waals surface area contributed by atoms with Crippen molar-refractivity contribution in [2.24, 2.45) is 5.92 Å². The van der Waals surface area contributed by atoms with Gasteiger partial charge in [0.05, 0.1) is 12.6 Å². The molecule has 2 aliphatic heterocycles. The quantitative estimate of drug-likeness (QED) is 0.569. The van der Waals surface area contributed by atoms with Gasteiger partial charge in [-0.1, -0.05) is 18.2 Å². The standard InChI is InChI=1S/C26H29F2N3O4/c1-31-13-18-5-4-16(8-20(18)25(31)33)11-30-24(32)21-9-19(12-29-21)17-6-7-22(35-26(27)28)23(10-17)34-14-15-2-3-15/h4-8,10,15,19,21,26,29H,2-3,9,11-14H2,1H3,(H,30,32)/t19?,21-/m1/s1. The molecule has 2 atom stereocenters. The lowest BCUT2D eigenvalue weighted by molar-refractivity contribution is -0.122. The van der Waals surface area contributed by atoms with E-state index in [9.17, 15) is 18.4 Å². The summed E-state index contributed by atoms with van der Waals surface area (Å²) in [6.45, 7) is -0.895. The van der Waals surface area contributed by atoms with Crippen molar-refractivity contribution < 1.29 is 27.8 Å². The molecule has 9 heteroatoms. The molecule has 7 nitrogen and oxygen atoms in total. The Morgan fingerprint density at radius 2 is 2.03 bits per heavy atom. The number of halogens is 2. The van der Waals surface area contributed by atoms with Gasteiger partial charge in [0.15, 0.2) is 11.5 Å². The molecule has 5 rings (SSSR count). The number of nitrogens with one attached hydrogen (secondary N) is 2. The summed E-state index contributed by atoms with van der Waals surface area (Å²) in [4.78, 5) is 26.7. The molecular weight excluding hydrogens is 456 g/mol. The number of benzene rings is 2. The van der Waals surface area contributed by atoms with E-state index in [4.69, 9.17) is 4.74 Å². The summed E-state index contributed by atoms with van der Waals surface area (Å²) in [5.41, 5.74) is 3.49. The second-order valence-corrected chi connectivity index (χ2v) is 9.60. The van der Waals surface area contributed by atoms with Gasteiger partial charge in [0.25, 0.3) is 5.91 Å². The van der Waals surface area contributed by atoms with Gasteiger partial charge in [0.1, 0.15) is 0 Å². The van der Waals surface area contributed by atoms with E-state index in [0.29, 0.717) is 49.9 Å². The van der Waals surface area contributed by atoms with Gasteiger partial charge in [0, 0.05) is 32.2 Å². The van der Waals surface area contributed by atoms with E-state index in [0.717, 1.165) is 29.5 Å². The van der Waals surface area contributed by atoms with Crippen molar-refractivity contribution in [3.05, 3.63) is 58.7 Å². The normalized spacial score (nSPS) is 21.4. The molecular formula is C26H29F2N3O4. The Morgan fingerprint density at radius 1 is 1.20 bits per heavy atom. The number of hydrogen-bond donors (Lipinski definition) is 2. The Hall–Kier alpha value is -3.20. The van der Waals surface area contributed by atoms with Crippen LogP contribution in [-0.2, 0) is 17.9 Å². The summed E-state index contributed by atoms with van der Waals surface area (Å²) in [6.07, 6.45) is 2.76. The van der Waals surface area contributed by atoms with Gasteiger partial charge in [-0.2, -0.15) is 8.78 Å². The second kappa shape index (κ2) is 9.81. The maximum absolute atomic E-state index is 12.8. The number of alkyl halides is 2. The zero-order chi connectivity index (χ0) is 24.5. The second-order valence-electron chi connectivity index (χ2n) is 9.60. The minimum atomic E-state index is -2.92. The van der Waals surface area contributed by atoms with E-state index in [1.54, 1.807) is 24.1 Å². The van der Waals surface area contributed by atoms with Crippen LogP contribution in [0.3, 0.4) is 0 Å². The van der Waals surface area contributed by atoms with Crippen molar-refractivity contribution in [2.75, 3.05) is 20.2 Å². The highest BCUT2D eigenvalue weighted by Crippen LogP contribution is 2.37. The van der Waals surface area contributed by atoms with E-state index in [1.165, 1.54) is 6.07 Å². The Kier molecular flexibility index (Phi) is 6.60. The molecule has 1 aliphatic carbocycles. The summed E-state index contributed by atoms with van der Waals surface area (Å²) in [6, 6.07) is 10.4. The first-order valence-corrected chi connectivity index (χ1v) is 12.0. The van der Waals surface area contributed by atoms with Crippen LogP contribution in [0, 0.1) is 5.92 Å². The first-order valence-electron chi connectivity index (χ1n) is 12.0. The fourth-order valence-electron chi connectivity index (χ4n) is 4.68. The van der Waals surface area contributed by atoms with Crippen molar-refractivity contribution in [2.45, 2.75) is 50.9 Å². The third-order valence-corrected chi connectivity index (χ3v) is 6.90. The molecule has 0 spiro atoms. The average Bonchev–Trinajstić information content (AvgIpc) is 3.46. The van der Waals surface area contributed by atoms with Crippen LogP contribution in [0.1, 0.15) is 52.2 Å². The highest BCUT2D eigenvalue weighted by Gasteiger charge is 2.31. The predicted octanol–water partition coefficient (Wildman–Crippen LogP) is 3.42. The van der Waals surface area contributed by atoms with E-state index < -0.39 is 6.61 Å². The fourth-order valence-corrected chi connectivity index (χ4v) is 4.68. The van der Waals surface area contributed by atoms with Gasteiger partial charge in [-0.05, 0) is 66.0 Å². The molecule has 186 valence electrons. The zero-order valence-corrected chi connectivity index (χ0v) is 19.6. The van der Waals surface area contributed by atoms with Crippen LogP contribution < -0.4 is 20.1 Å². The van der Waals surface area contributed by atoms with Crippen LogP contribution in [0.2, 0.25) is 0 Å². The van der Waals surface area contributed by atoms with Crippen LogP contribution >= 0.6 is 0 Å². The number of carbonyl (C=O) groups excluding carboxylic acids is 2. The molecule has 2 aromatic rings. The predicted molar refractivity (Wildman–Crippen MR) is 125 cm³/mol. The molecule has 1 saturated carbocycles. The zero-order valence-electron chi connectivity index (χ0n) is 19.6. The van der Waals surface area contributed by atoms with E-state index in [1.807, 2.05) is 18.2 Å². The van der Waals surface area contributed by atoms with Crippen LogP contribution in [0.5, 0.6) is 11.5 Å². The van der Waals surface area contributed by atoms with E-state index in [-0.39, 0.29) is 29.5 Å². The van der Waals surface area contributed by atoms with Crippen molar-refractivity contribution in [1.29, 1.82) is 0 Å². The van der Waals surface area contributed by atoms with Crippen molar-refractivity contribution in [3.8, 4) is 11.5 Å². The van der Waals surface area contributed by atoms with E-state index >= 15 is 0 Å². The molecule has 0 radical (unpaired) electrons. The number of fused-ring (bicyclic) bond motifs is 1. The van der Waals surface area contributed by atoms with Crippen molar-refractivity contribution >= 4 is 11.8 Å². The third-order valence-electron chi connectivity index (χ3n) is 6.90. The molecule has 1 unspecified atom stereocenters. The molecule has 2 heterocycles. The molecule has 1 saturated heterocycles. The molecule has 35 heavy (non-hydrogen) atoms. The largest absolute Gasteiger partial charge is 0.489 e. The highest BCUT2D eigenvalue weighted by atomic mass is 19.3. The van der Waals surface area contributed by atoms with E-state index in [2.05, 4.69) is 15.4 Å². The maximum Gasteiger partial charge on any atom is 0.387 e. The van der Waals surface area contributed by atoms with Crippen LogP contribution in [0.25, 0.3) is 0 Å². The summed E-state index contributed by atoms with van der Waals surface area (Å²) < 4.78 is 36.0. The van der Waals surface area contributed by atoms with Crippen molar-refractivity contribution in [1.82, 2.24) is 15.5 Å². The Bertz CT molecular complexity index is 1120. The smallest absolute Gasteiger partial charge is 0.387 e. The Morgan fingerprint density at radius 3 is 2.80 bits per heavy atom. The van der Waals surface area contributed by atoms with Gasteiger partial charge in [-0.3, -0.25) is 9.59 Å². The fraction of sp³-hybridized carbons (Fsp3) is 0.462. The number of ether oxygens (including phenoxy) is 2. The summed E-state index contributed by atoms with van der Waals surface area (Å²) in [5.74, 6) is 0.757. The highest BCUT2D eigenvalue weighted by molar-refractivity contribution is 5.98. The Balaban J connectivity index is 1.19. The molecule has 3 aliphatic rings. The lowest BCUT2D eigenvalue weighted by atomic mass is 9.95. The molecule has 2 fully saturated rings. The lowest BCUT2D eigenvalue weighted by Crippen LogP contribution is -2.40. The van der Waals surface area contributed by atoms with Gasteiger partial charge in [-0.15, -0.1) is 0 Å². The minimum absolute atomic E-state index is 0.000994. The summed E-state index contributed by atoms with van der Waals surface area (Å²) in [7, 11) is 1.77. The van der Waals surface area contributed by atoms with Crippen LogP contribution in [0.15, 0.2) is 36.4 Å². The van der Waals surface area contributed by atoms with Gasteiger partial charge in [-0.25, -0.2) is 0 Å². The molecule has 0 aromatic heterocycles. The van der Waals surface area contributed by atoms with Gasteiger partial charge < -0.3 is 25.0 Å². The van der Waals surface area contributed by atoms with Crippen molar-refractivity contribution in [3.63, 3.8) is 0 Å². The number of rotatable bonds is 9. The van der Waals surface area contributed by atoms with Gasteiger partial charge >= 0.3 is 6.61 Å². The minimum Gasteiger partial charge on any atom is -0.489 e. The maximum atomic E-state index is 12.8. The SMILES string of the molecule is CN1Cc2ccc(CNC(=O)[C@H]3CC(c4ccc(OC(F)F)c(OCC5CC5)c4)CN3)cc2C1=O. The first kappa shape index (κ1) is 23.5. The lowest BCUT2D eigenvalue weighted by Gasteiger charge is -2.16. The Labute approximate surface area is 202 Å². The van der Waals surface area contributed by atoms with Gasteiger partial charge in [0.2, 0.25) is 5.91 Å². The van der Waals surface area contributed by atoms with Crippen LogP contribution in [-0.4, -0.2) is 49.6 Å². The topological polar surface area (TPSA) is 79.9 Å². The number of nitrogens with zero attached hydrogens (tertiary/aromatic N) is 1. The monoisotopic (exact) mass is 485 g/mol. The average molecular weight is 486 g/mol. The number of hydrogen-bond acceptors (Lipinski definition) is 5. The summed E-state index contributed by atoms with van der Waals surface area (Å²) in [5, 5.41) is 6.21. The van der Waals surface area contributed by atoms with Crippen LogP contribution in [0.4, 0.5) is 8.78 Å². The molecule has 2 aromatic carbocycles. The molecule has 2 amide bonds. The number of carbonyl (C=O) groups is 2.